The molecule has 1 N–H and O–H groups in total. The van der Waals surface area contributed by atoms with Gasteiger partial charge in [-0.2, -0.15) is 13.2 Å². The molecule has 1 aromatic carbocycles. The smallest absolute Gasteiger partial charge is 0.324 e. The molecule has 0 radical (unpaired) electrons. The Morgan fingerprint density at radius 3 is 2.61 bits per heavy atom. The molecule has 0 aromatic heterocycles. The van der Waals surface area contributed by atoms with Gasteiger partial charge in [-0.3, -0.25) is 4.79 Å². The Kier molecular flexibility index (Phi) is 4.87. The van der Waals surface area contributed by atoms with Gasteiger partial charge < -0.3 is 10.2 Å². The zero-order valence-corrected chi connectivity index (χ0v) is 13.4. The Hall–Kier alpha value is -1.21. The summed E-state index contributed by atoms with van der Waals surface area (Å²) in [5.74, 6) is -1.18. The third-order valence-electron chi connectivity index (χ3n) is 4.46. The second-order valence-corrected chi connectivity index (χ2v) is 7.28. The van der Waals surface area contributed by atoms with Gasteiger partial charge in [-0.05, 0) is 51.0 Å². The second kappa shape index (κ2) is 6.73. The van der Waals surface area contributed by atoms with Gasteiger partial charge in [0.15, 0.2) is 0 Å². The van der Waals surface area contributed by atoms with Crippen LogP contribution in [0.4, 0.5) is 18.9 Å². The van der Waals surface area contributed by atoms with Crippen LogP contribution in [-0.4, -0.2) is 41.9 Å². The summed E-state index contributed by atoms with van der Waals surface area (Å²) >= 11 is 1.54. The van der Waals surface area contributed by atoms with E-state index >= 15 is 0 Å². The molecule has 1 saturated heterocycles. The molecule has 7 heteroatoms. The lowest BCUT2D eigenvalue weighted by Crippen LogP contribution is -2.41. The molecule has 1 unspecified atom stereocenters. The lowest BCUT2D eigenvalue weighted by molar-refractivity contribution is -0.185. The standard InChI is InChI=1S/C16H19F3N2OS/c17-16(18,19)11-5-8-21(9-6-11)10-7-14-15(22)20-12-3-1-2-4-13(12)23-14/h1-4,11,14H,5-10H2,(H,20,22). The van der Waals surface area contributed by atoms with Crippen molar-refractivity contribution in [3.05, 3.63) is 24.3 Å². The Morgan fingerprint density at radius 2 is 1.91 bits per heavy atom. The number of anilines is 1. The second-order valence-electron chi connectivity index (χ2n) is 6.04. The number of fused-ring (bicyclic) bond motifs is 1. The number of amides is 1. The van der Waals surface area contributed by atoms with Crippen molar-refractivity contribution in [3.8, 4) is 0 Å². The summed E-state index contributed by atoms with van der Waals surface area (Å²) in [5.41, 5.74) is 0.838. The highest BCUT2D eigenvalue weighted by Crippen LogP contribution is 2.37. The van der Waals surface area contributed by atoms with Crippen molar-refractivity contribution in [2.24, 2.45) is 5.92 Å². The van der Waals surface area contributed by atoms with Gasteiger partial charge in [0.2, 0.25) is 5.91 Å². The van der Waals surface area contributed by atoms with E-state index in [9.17, 15) is 18.0 Å². The Balaban J connectivity index is 1.49. The van der Waals surface area contributed by atoms with Crippen LogP contribution in [0.15, 0.2) is 29.2 Å². The first kappa shape index (κ1) is 16.6. The Bertz CT molecular complexity index is 571. The summed E-state index contributed by atoms with van der Waals surface area (Å²) < 4.78 is 38.0. The number of nitrogens with one attached hydrogen (secondary N) is 1. The molecule has 0 aliphatic carbocycles. The molecular formula is C16H19F3N2OS. The van der Waals surface area contributed by atoms with Gasteiger partial charge in [0, 0.05) is 4.90 Å². The lowest BCUT2D eigenvalue weighted by Gasteiger charge is -2.34. The lowest BCUT2D eigenvalue weighted by atomic mass is 9.96. The fraction of sp³-hybridized carbons (Fsp3) is 0.562. The number of alkyl halides is 3. The van der Waals surface area contributed by atoms with Crippen LogP contribution in [-0.2, 0) is 4.79 Å². The summed E-state index contributed by atoms with van der Waals surface area (Å²) in [5, 5.41) is 2.72. The summed E-state index contributed by atoms with van der Waals surface area (Å²) in [6.45, 7) is 1.58. The number of carbonyl (C=O) groups is 1. The summed E-state index contributed by atoms with van der Waals surface area (Å²) in [4.78, 5) is 15.2. The fourth-order valence-electron chi connectivity index (χ4n) is 3.07. The van der Waals surface area contributed by atoms with Gasteiger partial charge in [-0.25, -0.2) is 0 Å². The number of thioether (sulfide) groups is 1. The van der Waals surface area contributed by atoms with E-state index < -0.39 is 12.1 Å². The number of halogens is 3. The first-order valence-corrected chi connectivity index (χ1v) is 8.67. The van der Waals surface area contributed by atoms with Gasteiger partial charge in [-0.15, -0.1) is 11.8 Å². The van der Waals surface area contributed by atoms with Crippen LogP contribution in [0.5, 0.6) is 0 Å². The predicted octanol–water partition coefficient (Wildman–Crippen LogP) is 3.76. The van der Waals surface area contributed by atoms with Crippen molar-refractivity contribution >= 4 is 23.4 Å². The first-order chi connectivity index (χ1) is 10.9. The van der Waals surface area contributed by atoms with E-state index in [-0.39, 0.29) is 24.0 Å². The van der Waals surface area contributed by atoms with Crippen LogP contribution in [0.2, 0.25) is 0 Å². The SMILES string of the molecule is O=C1Nc2ccccc2SC1CCN1CCC(C(F)(F)F)CC1. The third-order valence-corrected chi connectivity index (χ3v) is 5.81. The van der Waals surface area contributed by atoms with E-state index in [2.05, 4.69) is 5.32 Å². The average Bonchev–Trinajstić information content (AvgIpc) is 2.52. The predicted molar refractivity (Wildman–Crippen MR) is 84.6 cm³/mol. The number of nitrogens with zero attached hydrogens (tertiary/aromatic N) is 1. The zero-order valence-electron chi connectivity index (χ0n) is 12.6. The number of likely N-dealkylation sites (tertiary alicyclic amines) is 1. The maximum atomic E-state index is 12.7. The van der Waals surface area contributed by atoms with Crippen molar-refractivity contribution in [2.45, 2.75) is 35.6 Å². The third kappa shape index (κ3) is 4.01. The van der Waals surface area contributed by atoms with Gasteiger partial charge in [0.1, 0.15) is 0 Å². The quantitative estimate of drug-likeness (QED) is 0.906. The van der Waals surface area contributed by atoms with Crippen molar-refractivity contribution in [1.29, 1.82) is 0 Å². The molecule has 1 amide bonds. The molecule has 3 nitrogen and oxygen atoms in total. The van der Waals surface area contributed by atoms with Crippen LogP contribution in [0.1, 0.15) is 19.3 Å². The number of hydrogen-bond donors (Lipinski definition) is 1. The number of para-hydroxylation sites is 1. The maximum absolute atomic E-state index is 12.7. The summed E-state index contributed by atoms with van der Waals surface area (Å²) in [6.07, 6.45) is -3.09. The van der Waals surface area contributed by atoms with E-state index in [0.717, 1.165) is 10.6 Å². The van der Waals surface area contributed by atoms with Crippen molar-refractivity contribution in [1.82, 2.24) is 4.90 Å². The van der Waals surface area contributed by atoms with Crippen LogP contribution >= 0.6 is 11.8 Å². The van der Waals surface area contributed by atoms with Crippen LogP contribution < -0.4 is 5.32 Å². The average molecular weight is 344 g/mol. The van der Waals surface area contributed by atoms with E-state index in [1.165, 1.54) is 11.8 Å². The highest BCUT2D eigenvalue weighted by molar-refractivity contribution is 8.01. The molecule has 0 saturated carbocycles. The van der Waals surface area contributed by atoms with Gasteiger partial charge in [-0.1, -0.05) is 12.1 Å². The minimum Gasteiger partial charge on any atom is -0.324 e. The van der Waals surface area contributed by atoms with Crippen LogP contribution in [0.25, 0.3) is 0 Å². The molecule has 1 atom stereocenters. The molecule has 126 valence electrons. The molecular weight excluding hydrogens is 325 g/mol. The molecule has 1 aromatic rings. The van der Waals surface area contributed by atoms with Crippen molar-refractivity contribution < 1.29 is 18.0 Å². The zero-order chi connectivity index (χ0) is 16.4. The molecule has 0 spiro atoms. The van der Waals surface area contributed by atoms with Gasteiger partial charge >= 0.3 is 6.18 Å². The van der Waals surface area contributed by atoms with Crippen LogP contribution in [0.3, 0.4) is 0 Å². The van der Waals surface area contributed by atoms with Crippen LogP contribution in [0, 0.1) is 5.92 Å². The number of hydrogen-bond acceptors (Lipinski definition) is 3. The molecule has 2 aliphatic rings. The molecule has 3 rings (SSSR count). The topological polar surface area (TPSA) is 32.3 Å². The van der Waals surface area contributed by atoms with E-state index in [0.29, 0.717) is 26.1 Å². The van der Waals surface area contributed by atoms with E-state index in [1.54, 1.807) is 0 Å². The van der Waals surface area contributed by atoms with E-state index in [1.807, 2.05) is 29.2 Å². The molecule has 0 bridgehead atoms. The Morgan fingerprint density at radius 1 is 1.22 bits per heavy atom. The highest BCUT2D eigenvalue weighted by Gasteiger charge is 2.41. The fourth-order valence-corrected chi connectivity index (χ4v) is 4.17. The minimum atomic E-state index is -4.07. The largest absolute Gasteiger partial charge is 0.391 e. The molecule has 2 heterocycles. The summed E-state index contributed by atoms with van der Waals surface area (Å²) in [7, 11) is 0. The van der Waals surface area contributed by atoms with E-state index in [4.69, 9.17) is 0 Å². The monoisotopic (exact) mass is 344 g/mol. The Labute approximate surface area is 137 Å². The number of benzene rings is 1. The van der Waals surface area contributed by atoms with Crippen molar-refractivity contribution in [2.75, 3.05) is 25.0 Å². The van der Waals surface area contributed by atoms with Crippen molar-refractivity contribution in [3.63, 3.8) is 0 Å². The molecule has 1 fully saturated rings. The minimum absolute atomic E-state index is 0.0149. The summed E-state index contributed by atoms with van der Waals surface area (Å²) in [6, 6.07) is 7.66. The molecule has 23 heavy (non-hydrogen) atoms. The highest BCUT2D eigenvalue weighted by atomic mass is 32.2. The number of rotatable bonds is 3. The number of piperidine rings is 1. The maximum Gasteiger partial charge on any atom is 0.391 e. The van der Waals surface area contributed by atoms with Gasteiger partial charge in [0.05, 0.1) is 16.9 Å². The first-order valence-electron chi connectivity index (χ1n) is 7.79. The molecule has 2 aliphatic heterocycles. The number of carbonyl (C=O) groups excluding carboxylic acids is 1. The van der Waals surface area contributed by atoms with Gasteiger partial charge in [0.25, 0.3) is 0 Å². The normalized spacial score (nSPS) is 23.4.